The van der Waals surface area contributed by atoms with Crippen molar-refractivity contribution in [1.29, 1.82) is 0 Å². The second kappa shape index (κ2) is 5.44. The van der Waals surface area contributed by atoms with E-state index < -0.39 is 0 Å². The maximum atomic E-state index is 10.9. The number of rotatable bonds is 4. The molecule has 0 radical (unpaired) electrons. The molecule has 7 heteroatoms. The van der Waals surface area contributed by atoms with E-state index in [2.05, 4.69) is 20.4 Å². The molecule has 0 aliphatic carbocycles. The molecule has 0 saturated carbocycles. The first-order valence-corrected chi connectivity index (χ1v) is 6.83. The van der Waals surface area contributed by atoms with Crippen LogP contribution in [0.25, 0.3) is 11.0 Å². The number of anilines is 2. The van der Waals surface area contributed by atoms with Crippen LogP contribution in [-0.2, 0) is 18.3 Å². The van der Waals surface area contributed by atoms with Crippen LogP contribution in [0.15, 0.2) is 30.5 Å². The molecule has 0 fully saturated rings. The minimum Gasteiger partial charge on any atom is -0.369 e. The van der Waals surface area contributed by atoms with Crippen LogP contribution in [0, 0.1) is 6.92 Å². The van der Waals surface area contributed by atoms with Gasteiger partial charge in [0.25, 0.3) is 0 Å². The lowest BCUT2D eigenvalue weighted by atomic mass is 10.1. The summed E-state index contributed by atoms with van der Waals surface area (Å²) in [4.78, 5) is 19.7. The Labute approximate surface area is 127 Å². The molecule has 22 heavy (non-hydrogen) atoms. The Hall–Kier alpha value is -2.96. The molecule has 2 heterocycles. The van der Waals surface area contributed by atoms with Gasteiger partial charge in [0.2, 0.25) is 5.91 Å². The molecular weight excluding hydrogens is 280 g/mol. The van der Waals surface area contributed by atoms with Crippen LogP contribution in [0.2, 0.25) is 0 Å². The predicted molar refractivity (Wildman–Crippen MR) is 83.7 cm³/mol. The summed E-state index contributed by atoms with van der Waals surface area (Å²) in [6.07, 6.45) is 1.97. The van der Waals surface area contributed by atoms with Gasteiger partial charge in [-0.05, 0) is 24.6 Å². The number of nitrogens with zero attached hydrogens (tertiary/aromatic N) is 4. The molecule has 0 atom stereocenters. The summed E-state index contributed by atoms with van der Waals surface area (Å²) >= 11 is 0. The number of hydrogen-bond donors (Lipinski definition) is 2. The fourth-order valence-corrected chi connectivity index (χ4v) is 2.27. The minimum absolute atomic E-state index is 0.236. The molecule has 0 unspecified atom stereocenters. The SMILES string of the molecule is Cc1nc(Nc2ccc(CC(N)=O)cc2)c2cnn(C)c2n1. The van der Waals surface area contributed by atoms with E-state index in [1.807, 2.05) is 38.2 Å². The second-order valence-electron chi connectivity index (χ2n) is 5.09. The van der Waals surface area contributed by atoms with E-state index in [0.29, 0.717) is 11.6 Å². The lowest BCUT2D eigenvalue weighted by molar-refractivity contribution is -0.117. The number of hydrogen-bond acceptors (Lipinski definition) is 5. The number of carbonyl (C=O) groups is 1. The highest BCUT2D eigenvalue weighted by Crippen LogP contribution is 2.23. The largest absolute Gasteiger partial charge is 0.369 e. The van der Waals surface area contributed by atoms with Gasteiger partial charge in [0.05, 0.1) is 18.0 Å². The topological polar surface area (TPSA) is 98.7 Å². The zero-order chi connectivity index (χ0) is 15.7. The molecule has 0 aliphatic rings. The monoisotopic (exact) mass is 296 g/mol. The lowest BCUT2D eigenvalue weighted by Gasteiger charge is -2.08. The highest BCUT2D eigenvalue weighted by atomic mass is 16.1. The third kappa shape index (κ3) is 2.73. The average molecular weight is 296 g/mol. The van der Waals surface area contributed by atoms with E-state index in [9.17, 15) is 4.79 Å². The zero-order valence-corrected chi connectivity index (χ0v) is 12.4. The third-order valence-corrected chi connectivity index (χ3v) is 3.30. The molecule has 1 aromatic carbocycles. The van der Waals surface area contributed by atoms with Gasteiger partial charge in [-0.2, -0.15) is 5.10 Å². The van der Waals surface area contributed by atoms with E-state index in [4.69, 9.17) is 5.73 Å². The standard InChI is InChI=1S/C15H16N6O/c1-9-18-14(12-8-17-21(2)15(12)19-9)20-11-5-3-10(4-6-11)7-13(16)22/h3-6,8H,7H2,1-2H3,(H2,16,22)(H,18,19,20). The van der Waals surface area contributed by atoms with Crippen LogP contribution in [0.4, 0.5) is 11.5 Å². The summed E-state index contributed by atoms with van der Waals surface area (Å²) in [6.45, 7) is 1.84. The quantitative estimate of drug-likeness (QED) is 0.759. The third-order valence-electron chi connectivity index (χ3n) is 3.30. The van der Waals surface area contributed by atoms with Gasteiger partial charge in [-0.1, -0.05) is 12.1 Å². The number of aromatic nitrogens is 4. The zero-order valence-electron chi connectivity index (χ0n) is 12.4. The van der Waals surface area contributed by atoms with Crippen molar-refractivity contribution >= 4 is 28.4 Å². The Bertz CT molecular complexity index is 837. The summed E-state index contributed by atoms with van der Waals surface area (Å²) in [5, 5.41) is 8.33. The molecule has 0 bridgehead atoms. The molecule has 0 saturated heterocycles. The number of aryl methyl sites for hydroxylation is 2. The van der Waals surface area contributed by atoms with Gasteiger partial charge in [0.15, 0.2) is 5.65 Å². The summed E-state index contributed by atoms with van der Waals surface area (Å²) in [6, 6.07) is 7.50. The number of primary amides is 1. The number of fused-ring (bicyclic) bond motifs is 1. The molecule has 1 amide bonds. The average Bonchev–Trinajstić information content (AvgIpc) is 2.82. The Kier molecular flexibility index (Phi) is 3.46. The Morgan fingerprint density at radius 1 is 1.27 bits per heavy atom. The predicted octanol–water partition coefficient (Wildman–Crippen LogP) is 1.44. The fourth-order valence-electron chi connectivity index (χ4n) is 2.27. The van der Waals surface area contributed by atoms with E-state index in [0.717, 1.165) is 22.3 Å². The van der Waals surface area contributed by atoms with Gasteiger partial charge in [0, 0.05) is 12.7 Å². The maximum Gasteiger partial charge on any atom is 0.221 e. The van der Waals surface area contributed by atoms with Crippen molar-refractivity contribution < 1.29 is 4.79 Å². The molecule has 0 spiro atoms. The lowest BCUT2D eigenvalue weighted by Crippen LogP contribution is -2.13. The number of benzene rings is 1. The number of nitrogens with one attached hydrogen (secondary N) is 1. The van der Waals surface area contributed by atoms with Crippen molar-refractivity contribution in [2.75, 3.05) is 5.32 Å². The normalized spacial score (nSPS) is 10.8. The summed E-state index contributed by atoms with van der Waals surface area (Å²) in [5.74, 6) is 1.03. The van der Waals surface area contributed by atoms with Crippen molar-refractivity contribution in [3.63, 3.8) is 0 Å². The van der Waals surface area contributed by atoms with Gasteiger partial charge in [0.1, 0.15) is 11.6 Å². The van der Waals surface area contributed by atoms with Gasteiger partial charge >= 0.3 is 0 Å². The minimum atomic E-state index is -0.343. The van der Waals surface area contributed by atoms with E-state index in [1.54, 1.807) is 10.9 Å². The highest BCUT2D eigenvalue weighted by Gasteiger charge is 2.10. The Morgan fingerprint density at radius 3 is 2.68 bits per heavy atom. The molecule has 2 aromatic heterocycles. The number of carbonyl (C=O) groups excluding carboxylic acids is 1. The smallest absolute Gasteiger partial charge is 0.221 e. The second-order valence-corrected chi connectivity index (χ2v) is 5.09. The van der Waals surface area contributed by atoms with Crippen molar-refractivity contribution in [3.8, 4) is 0 Å². The first-order valence-electron chi connectivity index (χ1n) is 6.83. The first-order chi connectivity index (χ1) is 10.5. The molecule has 112 valence electrons. The fraction of sp³-hybridized carbons (Fsp3) is 0.200. The van der Waals surface area contributed by atoms with Gasteiger partial charge in [-0.3, -0.25) is 9.48 Å². The molecule has 3 aromatic rings. The number of nitrogens with two attached hydrogens (primary N) is 1. The van der Waals surface area contributed by atoms with Gasteiger partial charge in [-0.25, -0.2) is 9.97 Å². The van der Waals surface area contributed by atoms with Crippen molar-refractivity contribution in [2.45, 2.75) is 13.3 Å². The van der Waals surface area contributed by atoms with Crippen molar-refractivity contribution in [2.24, 2.45) is 12.8 Å². The van der Waals surface area contributed by atoms with E-state index in [1.165, 1.54) is 0 Å². The van der Waals surface area contributed by atoms with Crippen LogP contribution >= 0.6 is 0 Å². The summed E-state index contributed by atoms with van der Waals surface area (Å²) < 4.78 is 1.71. The summed E-state index contributed by atoms with van der Waals surface area (Å²) in [7, 11) is 1.84. The van der Waals surface area contributed by atoms with Crippen LogP contribution in [0.1, 0.15) is 11.4 Å². The van der Waals surface area contributed by atoms with Crippen LogP contribution in [0.5, 0.6) is 0 Å². The summed E-state index contributed by atoms with van der Waals surface area (Å²) in [5.41, 5.74) is 7.71. The van der Waals surface area contributed by atoms with Gasteiger partial charge in [-0.15, -0.1) is 0 Å². The van der Waals surface area contributed by atoms with Crippen molar-refractivity contribution in [1.82, 2.24) is 19.7 Å². The molecule has 0 aliphatic heterocycles. The van der Waals surface area contributed by atoms with Gasteiger partial charge < -0.3 is 11.1 Å². The van der Waals surface area contributed by atoms with Crippen LogP contribution < -0.4 is 11.1 Å². The molecular formula is C15H16N6O. The van der Waals surface area contributed by atoms with E-state index >= 15 is 0 Å². The Morgan fingerprint density at radius 2 is 2.00 bits per heavy atom. The molecule has 3 rings (SSSR count). The maximum absolute atomic E-state index is 10.9. The first kappa shape index (κ1) is 14.0. The van der Waals surface area contributed by atoms with Crippen LogP contribution in [-0.4, -0.2) is 25.7 Å². The molecule has 3 N–H and O–H groups in total. The Balaban J connectivity index is 1.91. The van der Waals surface area contributed by atoms with Crippen molar-refractivity contribution in [3.05, 3.63) is 41.9 Å². The van der Waals surface area contributed by atoms with Crippen LogP contribution in [0.3, 0.4) is 0 Å². The molecule has 7 nitrogen and oxygen atoms in total. The highest BCUT2D eigenvalue weighted by molar-refractivity contribution is 5.88. The number of amides is 1. The van der Waals surface area contributed by atoms with E-state index in [-0.39, 0.29) is 12.3 Å².